The summed E-state index contributed by atoms with van der Waals surface area (Å²) in [5.41, 5.74) is 1.65. The molecular weight excluding hydrogens is 204 g/mol. The monoisotopic (exact) mass is 234 g/mol. The van der Waals surface area contributed by atoms with Crippen molar-refractivity contribution in [2.24, 2.45) is 10.8 Å². The van der Waals surface area contributed by atoms with Crippen LogP contribution >= 0.6 is 0 Å². The lowest BCUT2D eigenvalue weighted by atomic mass is 9.68. The second kappa shape index (κ2) is 4.94. The molecule has 0 heteroatoms. The number of hydrogen-bond acceptors (Lipinski definition) is 0. The highest BCUT2D eigenvalue weighted by Crippen LogP contribution is 2.60. The third kappa shape index (κ3) is 2.56. The Kier molecular flexibility index (Phi) is 3.50. The Morgan fingerprint density at radius 3 is 1.18 bits per heavy atom. The zero-order valence-corrected chi connectivity index (χ0v) is 11.6. The predicted molar refractivity (Wildman–Crippen MR) is 74.1 cm³/mol. The van der Waals surface area contributed by atoms with Crippen LogP contribution in [0.25, 0.3) is 0 Å². The summed E-state index contributed by atoms with van der Waals surface area (Å²) >= 11 is 0. The van der Waals surface area contributed by atoms with E-state index < -0.39 is 0 Å². The summed E-state index contributed by atoms with van der Waals surface area (Å²) in [6, 6.07) is 0. The van der Waals surface area contributed by atoms with Crippen LogP contribution in [0.15, 0.2) is 0 Å². The van der Waals surface area contributed by atoms with Gasteiger partial charge in [-0.1, -0.05) is 51.4 Å². The average Bonchev–Trinajstić information content (AvgIpc) is 2.66. The molecule has 0 atom stereocenters. The lowest BCUT2D eigenvalue weighted by Crippen LogP contribution is -2.25. The fourth-order valence-electron chi connectivity index (χ4n) is 5.31. The molecule has 0 bridgehead atoms. The molecule has 0 saturated heterocycles. The highest BCUT2D eigenvalue weighted by molar-refractivity contribution is 4.98. The van der Waals surface area contributed by atoms with Crippen molar-refractivity contribution in [3.63, 3.8) is 0 Å². The average molecular weight is 234 g/mol. The predicted octanol–water partition coefficient (Wildman–Crippen LogP) is 5.85. The molecule has 98 valence electrons. The van der Waals surface area contributed by atoms with Crippen LogP contribution in [0, 0.1) is 10.8 Å². The fourth-order valence-corrected chi connectivity index (χ4v) is 5.31. The van der Waals surface area contributed by atoms with Gasteiger partial charge in [-0.2, -0.15) is 0 Å². The van der Waals surface area contributed by atoms with E-state index >= 15 is 0 Å². The molecule has 0 aliphatic heterocycles. The van der Waals surface area contributed by atoms with Crippen LogP contribution in [0.5, 0.6) is 0 Å². The standard InChI is InChI=1S/C17H30/c1-2-5-9-16(10-6-3-1)13-14-17(15-16)11-7-4-8-12-17/h1-15H2. The molecule has 0 aromatic carbocycles. The molecule has 2 spiro atoms. The first-order valence-electron chi connectivity index (χ1n) is 8.33. The quantitative estimate of drug-likeness (QED) is 0.493. The topological polar surface area (TPSA) is 0 Å². The molecule has 17 heavy (non-hydrogen) atoms. The Balaban J connectivity index is 1.67. The number of hydrogen-bond donors (Lipinski definition) is 0. The zero-order valence-electron chi connectivity index (χ0n) is 11.6. The van der Waals surface area contributed by atoms with Gasteiger partial charge >= 0.3 is 0 Å². The van der Waals surface area contributed by atoms with Crippen molar-refractivity contribution in [3.05, 3.63) is 0 Å². The molecule has 0 radical (unpaired) electrons. The van der Waals surface area contributed by atoms with E-state index in [2.05, 4.69) is 0 Å². The Labute approximate surface area is 108 Å². The molecule has 0 aromatic rings. The van der Waals surface area contributed by atoms with E-state index in [1.54, 1.807) is 44.9 Å². The Bertz CT molecular complexity index is 239. The summed E-state index contributed by atoms with van der Waals surface area (Å²) in [5, 5.41) is 0. The van der Waals surface area contributed by atoms with Gasteiger partial charge < -0.3 is 0 Å². The van der Waals surface area contributed by atoms with E-state index in [1.807, 2.05) is 0 Å². The summed E-state index contributed by atoms with van der Waals surface area (Å²) in [6.45, 7) is 0. The van der Waals surface area contributed by atoms with Gasteiger partial charge in [-0.3, -0.25) is 0 Å². The minimum Gasteiger partial charge on any atom is -0.0533 e. The van der Waals surface area contributed by atoms with Gasteiger partial charge in [0.25, 0.3) is 0 Å². The lowest BCUT2D eigenvalue weighted by molar-refractivity contribution is 0.141. The van der Waals surface area contributed by atoms with E-state index in [0.717, 1.165) is 10.8 Å². The first kappa shape index (κ1) is 12.1. The molecule has 3 saturated carbocycles. The van der Waals surface area contributed by atoms with E-state index in [9.17, 15) is 0 Å². The van der Waals surface area contributed by atoms with Crippen molar-refractivity contribution in [2.75, 3.05) is 0 Å². The van der Waals surface area contributed by atoms with Gasteiger partial charge in [0.2, 0.25) is 0 Å². The minimum absolute atomic E-state index is 0.817. The molecule has 0 heterocycles. The van der Waals surface area contributed by atoms with Gasteiger partial charge in [0.1, 0.15) is 0 Å². The summed E-state index contributed by atoms with van der Waals surface area (Å²) in [6.07, 6.45) is 23.4. The fraction of sp³-hybridized carbons (Fsp3) is 1.00. The summed E-state index contributed by atoms with van der Waals surface area (Å²) in [7, 11) is 0. The first-order valence-corrected chi connectivity index (χ1v) is 8.33. The van der Waals surface area contributed by atoms with Crippen molar-refractivity contribution in [2.45, 2.75) is 96.3 Å². The van der Waals surface area contributed by atoms with Gasteiger partial charge in [0.15, 0.2) is 0 Å². The van der Waals surface area contributed by atoms with Gasteiger partial charge in [0, 0.05) is 0 Å². The van der Waals surface area contributed by atoms with Crippen LogP contribution < -0.4 is 0 Å². The SMILES string of the molecule is C1CCCC2(CCC1)CCC1(CCCCC1)C2. The smallest absolute Gasteiger partial charge is 0.0292 e. The van der Waals surface area contributed by atoms with Crippen LogP contribution in [0.1, 0.15) is 96.3 Å². The Morgan fingerprint density at radius 1 is 0.353 bits per heavy atom. The van der Waals surface area contributed by atoms with Crippen LogP contribution in [-0.2, 0) is 0 Å². The minimum atomic E-state index is 0.817. The first-order chi connectivity index (χ1) is 8.33. The molecule has 0 amide bonds. The summed E-state index contributed by atoms with van der Waals surface area (Å²) in [5.74, 6) is 0. The highest BCUT2D eigenvalue weighted by Gasteiger charge is 2.47. The number of rotatable bonds is 0. The largest absolute Gasteiger partial charge is 0.0533 e. The van der Waals surface area contributed by atoms with E-state index in [-0.39, 0.29) is 0 Å². The molecule has 3 fully saturated rings. The summed E-state index contributed by atoms with van der Waals surface area (Å²) < 4.78 is 0. The van der Waals surface area contributed by atoms with Crippen LogP contribution in [0.3, 0.4) is 0 Å². The molecule has 0 aromatic heterocycles. The van der Waals surface area contributed by atoms with E-state index in [4.69, 9.17) is 0 Å². The Hall–Kier alpha value is 0. The third-order valence-corrected chi connectivity index (χ3v) is 6.26. The molecule has 3 rings (SSSR count). The van der Waals surface area contributed by atoms with Crippen LogP contribution in [-0.4, -0.2) is 0 Å². The van der Waals surface area contributed by atoms with Gasteiger partial charge in [-0.15, -0.1) is 0 Å². The van der Waals surface area contributed by atoms with Crippen molar-refractivity contribution in [1.29, 1.82) is 0 Å². The van der Waals surface area contributed by atoms with Crippen LogP contribution in [0.4, 0.5) is 0 Å². The maximum absolute atomic E-state index is 1.62. The highest BCUT2D eigenvalue weighted by atomic mass is 14.5. The van der Waals surface area contributed by atoms with Gasteiger partial charge in [0.05, 0.1) is 0 Å². The molecular formula is C17H30. The van der Waals surface area contributed by atoms with Crippen molar-refractivity contribution < 1.29 is 0 Å². The van der Waals surface area contributed by atoms with Crippen LogP contribution in [0.2, 0.25) is 0 Å². The molecule has 3 aliphatic carbocycles. The summed E-state index contributed by atoms with van der Waals surface area (Å²) in [4.78, 5) is 0. The second-order valence-electron chi connectivity index (χ2n) is 7.51. The second-order valence-corrected chi connectivity index (χ2v) is 7.51. The molecule has 0 unspecified atom stereocenters. The van der Waals surface area contributed by atoms with Crippen molar-refractivity contribution >= 4 is 0 Å². The molecule has 3 aliphatic rings. The molecule has 0 N–H and O–H groups in total. The van der Waals surface area contributed by atoms with Gasteiger partial charge in [-0.25, -0.2) is 0 Å². The zero-order chi connectivity index (χ0) is 11.6. The Morgan fingerprint density at radius 2 is 0.706 bits per heavy atom. The lowest BCUT2D eigenvalue weighted by Gasteiger charge is -2.38. The van der Waals surface area contributed by atoms with Crippen molar-refractivity contribution in [1.82, 2.24) is 0 Å². The van der Waals surface area contributed by atoms with Gasteiger partial charge in [-0.05, 0) is 55.8 Å². The third-order valence-electron chi connectivity index (χ3n) is 6.26. The van der Waals surface area contributed by atoms with Crippen molar-refractivity contribution in [3.8, 4) is 0 Å². The van der Waals surface area contributed by atoms with E-state index in [1.165, 1.54) is 51.4 Å². The van der Waals surface area contributed by atoms with E-state index in [0.29, 0.717) is 0 Å². The maximum atomic E-state index is 1.62. The normalized spacial score (nSPS) is 32.5. The maximum Gasteiger partial charge on any atom is -0.0292 e. The molecule has 0 nitrogen and oxygen atoms in total.